The maximum absolute atomic E-state index is 11.7. The van der Waals surface area contributed by atoms with Crippen LogP contribution in [0.4, 0.5) is 10.5 Å². The van der Waals surface area contributed by atoms with E-state index in [-0.39, 0.29) is 17.5 Å². The summed E-state index contributed by atoms with van der Waals surface area (Å²) in [5, 5.41) is 14.0. The van der Waals surface area contributed by atoms with E-state index in [9.17, 15) is 13.2 Å². The number of urea groups is 1. The molecule has 1 aliphatic heterocycles. The van der Waals surface area contributed by atoms with Gasteiger partial charge in [0.1, 0.15) is 6.07 Å². The van der Waals surface area contributed by atoms with Crippen molar-refractivity contribution in [2.24, 2.45) is 0 Å². The van der Waals surface area contributed by atoms with Crippen LogP contribution in [0.5, 0.6) is 0 Å². The largest absolute Gasteiger partial charge is 0.334 e. The number of sulfone groups is 1. The Morgan fingerprint density at radius 3 is 2.74 bits per heavy atom. The third kappa shape index (κ3) is 3.45. The first-order valence-corrected chi connectivity index (χ1v) is 7.59. The molecule has 1 heterocycles. The van der Waals surface area contributed by atoms with Gasteiger partial charge in [-0.3, -0.25) is 0 Å². The summed E-state index contributed by atoms with van der Waals surface area (Å²) in [6, 6.07) is 7.72. The van der Waals surface area contributed by atoms with Crippen LogP contribution in [0.15, 0.2) is 24.3 Å². The monoisotopic (exact) mass is 279 g/mol. The van der Waals surface area contributed by atoms with Crippen LogP contribution >= 0.6 is 0 Å². The SMILES string of the molecule is N#Cc1ccccc1NC(=O)NC1CCS(=O)(=O)C1. The van der Waals surface area contributed by atoms with Crippen molar-refractivity contribution in [3.63, 3.8) is 0 Å². The van der Waals surface area contributed by atoms with Gasteiger partial charge in [0.2, 0.25) is 0 Å². The number of benzene rings is 1. The molecule has 1 aromatic rings. The fraction of sp³-hybridized carbons (Fsp3) is 0.333. The fourth-order valence-electron chi connectivity index (χ4n) is 1.94. The van der Waals surface area contributed by atoms with Gasteiger partial charge >= 0.3 is 6.03 Å². The average molecular weight is 279 g/mol. The van der Waals surface area contributed by atoms with E-state index in [4.69, 9.17) is 5.26 Å². The first-order valence-electron chi connectivity index (χ1n) is 5.77. The normalized spacial score (nSPS) is 20.5. The molecule has 1 aliphatic rings. The van der Waals surface area contributed by atoms with Crippen LogP contribution in [0.3, 0.4) is 0 Å². The van der Waals surface area contributed by atoms with Crippen molar-refractivity contribution in [1.29, 1.82) is 5.26 Å². The van der Waals surface area contributed by atoms with Gasteiger partial charge in [-0.25, -0.2) is 13.2 Å². The predicted octanol–water partition coefficient (Wildman–Crippen LogP) is 0.867. The zero-order valence-electron chi connectivity index (χ0n) is 10.1. The van der Waals surface area contributed by atoms with E-state index in [0.29, 0.717) is 17.7 Å². The summed E-state index contributed by atoms with van der Waals surface area (Å²) < 4.78 is 22.5. The minimum absolute atomic E-state index is 0.0275. The van der Waals surface area contributed by atoms with Crippen LogP contribution in [0.1, 0.15) is 12.0 Å². The summed E-state index contributed by atoms with van der Waals surface area (Å²) in [5.74, 6) is 0.0764. The Kier molecular flexibility index (Phi) is 3.71. The van der Waals surface area contributed by atoms with Crippen molar-refractivity contribution in [3.05, 3.63) is 29.8 Å². The lowest BCUT2D eigenvalue weighted by atomic mass is 10.2. The standard InChI is InChI=1S/C12H13N3O3S/c13-7-9-3-1-2-4-11(9)15-12(16)14-10-5-6-19(17,18)8-10/h1-4,10H,5-6,8H2,(H2,14,15,16). The number of anilines is 1. The summed E-state index contributed by atoms with van der Waals surface area (Å²) in [6.07, 6.45) is 0.426. The summed E-state index contributed by atoms with van der Waals surface area (Å²) in [7, 11) is -3.02. The molecular weight excluding hydrogens is 266 g/mol. The van der Waals surface area contributed by atoms with Gasteiger partial charge in [0, 0.05) is 6.04 Å². The Balaban J connectivity index is 1.97. The Labute approximate surface area is 111 Å². The molecule has 2 rings (SSSR count). The topological polar surface area (TPSA) is 99.1 Å². The number of para-hydroxylation sites is 1. The van der Waals surface area contributed by atoms with Crippen LogP contribution in [-0.2, 0) is 9.84 Å². The van der Waals surface area contributed by atoms with Gasteiger partial charge < -0.3 is 10.6 Å². The number of rotatable bonds is 2. The van der Waals surface area contributed by atoms with E-state index in [1.165, 1.54) is 0 Å². The first kappa shape index (κ1) is 13.4. The van der Waals surface area contributed by atoms with Crippen molar-refractivity contribution >= 4 is 21.6 Å². The second-order valence-electron chi connectivity index (χ2n) is 4.36. The van der Waals surface area contributed by atoms with E-state index in [1.807, 2.05) is 6.07 Å². The smallest absolute Gasteiger partial charge is 0.319 e. The van der Waals surface area contributed by atoms with Gasteiger partial charge in [0.25, 0.3) is 0 Å². The minimum Gasteiger partial charge on any atom is -0.334 e. The van der Waals surface area contributed by atoms with Crippen molar-refractivity contribution < 1.29 is 13.2 Å². The number of nitriles is 1. The number of nitrogens with zero attached hydrogens (tertiary/aromatic N) is 1. The van der Waals surface area contributed by atoms with E-state index in [2.05, 4.69) is 10.6 Å². The number of carbonyl (C=O) groups is 1. The van der Waals surface area contributed by atoms with Gasteiger partial charge in [-0.2, -0.15) is 5.26 Å². The van der Waals surface area contributed by atoms with Gasteiger partial charge in [-0.05, 0) is 18.6 Å². The third-order valence-electron chi connectivity index (χ3n) is 2.86. The molecule has 1 unspecified atom stereocenters. The lowest BCUT2D eigenvalue weighted by Gasteiger charge is -2.12. The van der Waals surface area contributed by atoms with E-state index < -0.39 is 15.9 Å². The lowest BCUT2D eigenvalue weighted by Crippen LogP contribution is -2.38. The molecule has 0 aromatic heterocycles. The molecule has 0 radical (unpaired) electrons. The molecule has 1 saturated heterocycles. The molecule has 100 valence electrons. The molecular formula is C12H13N3O3S. The minimum atomic E-state index is -3.02. The number of nitrogens with one attached hydrogen (secondary N) is 2. The first-order chi connectivity index (χ1) is 9.00. The summed E-state index contributed by atoms with van der Waals surface area (Å²) in [5.41, 5.74) is 0.764. The van der Waals surface area contributed by atoms with Crippen LogP contribution in [0.2, 0.25) is 0 Å². The zero-order valence-corrected chi connectivity index (χ0v) is 10.9. The molecule has 2 N–H and O–H groups in total. The van der Waals surface area contributed by atoms with Crippen molar-refractivity contribution in [2.75, 3.05) is 16.8 Å². The predicted molar refractivity (Wildman–Crippen MR) is 70.4 cm³/mol. The molecule has 0 saturated carbocycles. The van der Waals surface area contributed by atoms with Crippen LogP contribution in [0, 0.1) is 11.3 Å². The van der Waals surface area contributed by atoms with E-state index in [0.717, 1.165) is 0 Å². The molecule has 0 bridgehead atoms. The van der Waals surface area contributed by atoms with Gasteiger partial charge in [-0.1, -0.05) is 12.1 Å². The maximum Gasteiger partial charge on any atom is 0.319 e. The summed E-state index contributed by atoms with van der Waals surface area (Å²) >= 11 is 0. The second-order valence-corrected chi connectivity index (χ2v) is 6.58. The molecule has 1 aromatic carbocycles. The second kappa shape index (κ2) is 5.28. The molecule has 1 atom stereocenters. The van der Waals surface area contributed by atoms with Crippen molar-refractivity contribution in [3.8, 4) is 6.07 Å². The molecule has 1 fully saturated rings. The van der Waals surface area contributed by atoms with Gasteiger partial charge in [0.15, 0.2) is 9.84 Å². The highest BCUT2D eigenvalue weighted by molar-refractivity contribution is 7.91. The number of hydrogen-bond acceptors (Lipinski definition) is 4. The quantitative estimate of drug-likeness (QED) is 0.839. The van der Waals surface area contributed by atoms with Crippen LogP contribution in [0.25, 0.3) is 0 Å². The molecule has 0 spiro atoms. The summed E-state index contributed by atoms with van der Waals surface area (Å²) in [4.78, 5) is 11.7. The number of hydrogen-bond donors (Lipinski definition) is 2. The fourth-order valence-corrected chi connectivity index (χ4v) is 3.62. The van der Waals surface area contributed by atoms with Crippen molar-refractivity contribution in [2.45, 2.75) is 12.5 Å². The summed E-state index contributed by atoms with van der Waals surface area (Å²) in [6.45, 7) is 0. The molecule has 6 nitrogen and oxygen atoms in total. The average Bonchev–Trinajstić information content (AvgIpc) is 2.69. The van der Waals surface area contributed by atoms with E-state index in [1.54, 1.807) is 24.3 Å². The Morgan fingerprint density at radius 2 is 2.11 bits per heavy atom. The molecule has 2 amide bonds. The van der Waals surface area contributed by atoms with Crippen LogP contribution in [-0.4, -0.2) is 32.0 Å². The highest BCUT2D eigenvalue weighted by Gasteiger charge is 2.28. The Hall–Kier alpha value is -2.07. The number of amides is 2. The van der Waals surface area contributed by atoms with Crippen LogP contribution < -0.4 is 10.6 Å². The highest BCUT2D eigenvalue weighted by atomic mass is 32.2. The van der Waals surface area contributed by atoms with Gasteiger partial charge in [0.05, 0.1) is 22.8 Å². The third-order valence-corrected chi connectivity index (χ3v) is 4.63. The Morgan fingerprint density at radius 1 is 1.37 bits per heavy atom. The van der Waals surface area contributed by atoms with Gasteiger partial charge in [-0.15, -0.1) is 0 Å². The number of carbonyl (C=O) groups excluding carboxylic acids is 1. The molecule has 7 heteroatoms. The highest BCUT2D eigenvalue weighted by Crippen LogP contribution is 2.14. The maximum atomic E-state index is 11.7. The van der Waals surface area contributed by atoms with E-state index >= 15 is 0 Å². The van der Waals surface area contributed by atoms with Crippen molar-refractivity contribution in [1.82, 2.24) is 5.32 Å². The molecule has 19 heavy (non-hydrogen) atoms. The zero-order chi connectivity index (χ0) is 13.9. The Bertz CT molecular complexity index is 634. The lowest BCUT2D eigenvalue weighted by molar-refractivity contribution is 0.249. The molecule has 0 aliphatic carbocycles.